The molecule has 1 rings (SSSR count). The van der Waals surface area contributed by atoms with E-state index in [4.69, 9.17) is 9.84 Å². The fourth-order valence-corrected chi connectivity index (χ4v) is 1.52. The van der Waals surface area contributed by atoms with Gasteiger partial charge >= 0.3 is 5.97 Å². The van der Waals surface area contributed by atoms with Gasteiger partial charge in [0.05, 0.1) is 19.1 Å². The summed E-state index contributed by atoms with van der Waals surface area (Å²) < 4.78 is 5.36. The maximum atomic E-state index is 10.5. The van der Waals surface area contributed by atoms with Crippen LogP contribution in [0.15, 0.2) is 0 Å². The number of likely N-dealkylation sites (N-methyl/N-ethyl adjacent to an activating group) is 1. The molecule has 0 saturated carbocycles. The molecule has 1 fully saturated rings. The van der Waals surface area contributed by atoms with Crippen molar-refractivity contribution in [1.29, 1.82) is 0 Å². The standard InChI is InChI=1S/C8H15NO3/c1-6-7(5-8(10)11)9(2)3-4-12-6/h6-7H,3-5H2,1-2H3,(H,10,11). The number of carboxylic acids is 1. The van der Waals surface area contributed by atoms with Crippen LogP contribution in [0.5, 0.6) is 0 Å². The van der Waals surface area contributed by atoms with Crippen LogP contribution in [0.3, 0.4) is 0 Å². The molecule has 0 aliphatic carbocycles. The van der Waals surface area contributed by atoms with Crippen LogP contribution < -0.4 is 0 Å². The van der Waals surface area contributed by atoms with Gasteiger partial charge in [0.25, 0.3) is 0 Å². The van der Waals surface area contributed by atoms with E-state index in [0.29, 0.717) is 6.61 Å². The van der Waals surface area contributed by atoms with Gasteiger partial charge in [-0.2, -0.15) is 0 Å². The smallest absolute Gasteiger partial charge is 0.305 e. The van der Waals surface area contributed by atoms with Crippen LogP contribution in [-0.4, -0.2) is 48.3 Å². The molecule has 4 nitrogen and oxygen atoms in total. The topological polar surface area (TPSA) is 49.8 Å². The number of carbonyl (C=O) groups is 1. The summed E-state index contributed by atoms with van der Waals surface area (Å²) in [4.78, 5) is 12.5. The van der Waals surface area contributed by atoms with Crippen LogP contribution in [0.1, 0.15) is 13.3 Å². The van der Waals surface area contributed by atoms with Crippen LogP contribution in [0, 0.1) is 0 Å². The van der Waals surface area contributed by atoms with Gasteiger partial charge in [0.2, 0.25) is 0 Å². The number of hydrogen-bond donors (Lipinski definition) is 1. The lowest BCUT2D eigenvalue weighted by Crippen LogP contribution is -2.48. The quantitative estimate of drug-likeness (QED) is 0.647. The van der Waals surface area contributed by atoms with E-state index >= 15 is 0 Å². The Morgan fingerprint density at radius 3 is 2.92 bits per heavy atom. The molecule has 0 amide bonds. The zero-order chi connectivity index (χ0) is 9.14. The van der Waals surface area contributed by atoms with Crippen molar-refractivity contribution in [2.24, 2.45) is 0 Å². The first-order chi connectivity index (χ1) is 5.61. The SMILES string of the molecule is CC1OCCN(C)C1CC(=O)O. The van der Waals surface area contributed by atoms with E-state index in [-0.39, 0.29) is 18.6 Å². The lowest BCUT2D eigenvalue weighted by Gasteiger charge is -2.36. The first-order valence-electron chi connectivity index (χ1n) is 4.15. The minimum absolute atomic E-state index is 0.0243. The molecule has 0 spiro atoms. The van der Waals surface area contributed by atoms with Crippen molar-refractivity contribution in [2.75, 3.05) is 20.2 Å². The molecule has 1 heterocycles. The molecule has 1 aliphatic heterocycles. The molecule has 2 unspecified atom stereocenters. The summed E-state index contributed by atoms with van der Waals surface area (Å²) in [7, 11) is 1.94. The van der Waals surface area contributed by atoms with E-state index in [9.17, 15) is 4.79 Å². The van der Waals surface area contributed by atoms with Crippen molar-refractivity contribution in [3.63, 3.8) is 0 Å². The number of nitrogens with zero attached hydrogens (tertiary/aromatic N) is 1. The van der Waals surface area contributed by atoms with Crippen LogP contribution in [0.2, 0.25) is 0 Å². The monoisotopic (exact) mass is 173 g/mol. The lowest BCUT2D eigenvalue weighted by atomic mass is 10.1. The third kappa shape index (κ3) is 2.19. The van der Waals surface area contributed by atoms with Gasteiger partial charge in [0, 0.05) is 12.6 Å². The molecule has 70 valence electrons. The maximum Gasteiger partial charge on any atom is 0.305 e. The molecule has 1 N–H and O–H groups in total. The normalized spacial score (nSPS) is 31.8. The predicted molar refractivity (Wildman–Crippen MR) is 44.1 cm³/mol. The minimum Gasteiger partial charge on any atom is -0.481 e. The second-order valence-corrected chi connectivity index (χ2v) is 3.22. The summed E-state index contributed by atoms with van der Waals surface area (Å²) in [6.07, 6.45) is 0.192. The van der Waals surface area contributed by atoms with Crippen molar-refractivity contribution in [1.82, 2.24) is 4.90 Å². The summed E-state index contributed by atoms with van der Waals surface area (Å²) in [5.74, 6) is -0.760. The zero-order valence-corrected chi connectivity index (χ0v) is 7.49. The van der Waals surface area contributed by atoms with E-state index in [1.807, 2.05) is 18.9 Å². The fourth-order valence-electron chi connectivity index (χ4n) is 1.52. The van der Waals surface area contributed by atoms with Crippen molar-refractivity contribution in [3.05, 3.63) is 0 Å². The van der Waals surface area contributed by atoms with Crippen molar-refractivity contribution in [2.45, 2.75) is 25.5 Å². The van der Waals surface area contributed by atoms with Gasteiger partial charge < -0.3 is 9.84 Å². The highest BCUT2D eigenvalue weighted by Crippen LogP contribution is 2.14. The zero-order valence-electron chi connectivity index (χ0n) is 7.49. The van der Waals surface area contributed by atoms with Crippen LogP contribution in [-0.2, 0) is 9.53 Å². The predicted octanol–water partition coefficient (Wildman–Crippen LogP) is 0.180. The van der Waals surface area contributed by atoms with E-state index in [2.05, 4.69) is 0 Å². The average molecular weight is 173 g/mol. The summed E-state index contributed by atoms with van der Waals surface area (Å²) in [5, 5.41) is 8.62. The molecule has 0 bridgehead atoms. The maximum absolute atomic E-state index is 10.5. The Labute approximate surface area is 72.1 Å². The largest absolute Gasteiger partial charge is 0.481 e. The molecule has 2 atom stereocenters. The number of hydrogen-bond acceptors (Lipinski definition) is 3. The molecule has 1 saturated heterocycles. The van der Waals surface area contributed by atoms with Gasteiger partial charge in [0.1, 0.15) is 0 Å². The third-order valence-electron chi connectivity index (χ3n) is 2.32. The highest BCUT2D eigenvalue weighted by atomic mass is 16.5. The fraction of sp³-hybridized carbons (Fsp3) is 0.875. The molecule has 0 radical (unpaired) electrons. The Hall–Kier alpha value is -0.610. The second-order valence-electron chi connectivity index (χ2n) is 3.22. The summed E-state index contributed by atoms with van der Waals surface area (Å²) in [5.41, 5.74) is 0. The van der Waals surface area contributed by atoms with Crippen molar-refractivity contribution in [3.8, 4) is 0 Å². The molecule has 12 heavy (non-hydrogen) atoms. The summed E-state index contributed by atoms with van der Waals surface area (Å²) in [6.45, 7) is 3.44. The van der Waals surface area contributed by atoms with E-state index in [1.54, 1.807) is 0 Å². The first kappa shape index (κ1) is 9.48. The molecular weight excluding hydrogens is 158 g/mol. The Bertz CT molecular complexity index is 162. The highest BCUT2D eigenvalue weighted by molar-refractivity contribution is 5.67. The summed E-state index contributed by atoms with van der Waals surface area (Å²) in [6, 6.07) is 0.0243. The Balaban J connectivity index is 2.50. The van der Waals surface area contributed by atoms with Gasteiger partial charge in [-0.25, -0.2) is 0 Å². The average Bonchev–Trinajstić information content (AvgIpc) is 1.97. The molecule has 1 aliphatic rings. The molecular formula is C8H15NO3. The van der Waals surface area contributed by atoms with Gasteiger partial charge in [-0.1, -0.05) is 0 Å². The number of carboxylic acid groups (broad SMARTS) is 1. The van der Waals surface area contributed by atoms with Crippen LogP contribution in [0.4, 0.5) is 0 Å². The van der Waals surface area contributed by atoms with Crippen LogP contribution >= 0.6 is 0 Å². The molecule has 0 aromatic rings. The van der Waals surface area contributed by atoms with Crippen molar-refractivity contribution < 1.29 is 14.6 Å². The Morgan fingerprint density at radius 2 is 2.42 bits per heavy atom. The van der Waals surface area contributed by atoms with Gasteiger partial charge in [-0.15, -0.1) is 0 Å². The third-order valence-corrected chi connectivity index (χ3v) is 2.32. The number of rotatable bonds is 2. The van der Waals surface area contributed by atoms with E-state index < -0.39 is 5.97 Å². The molecule has 4 heteroatoms. The molecule has 0 aromatic carbocycles. The van der Waals surface area contributed by atoms with Crippen molar-refractivity contribution >= 4 is 5.97 Å². The lowest BCUT2D eigenvalue weighted by molar-refractivity contribution is -0.141. The van der Waals surface area contributed by atoms with Gasteiger partial charge in [0.15, 0.2) is 0 Å². The Morgan fingerprint density at radius 1 is 1.75 bits per heavy atom. The first-order valence-corrected chi connectivity index (χ1v) is 4.15. The molecule has 0 aromatic heterocycles. The van der Waals surface area contributed by atoms with Gasteiger partial charge in [-0.3, -0.25) is 9.69 Å². The van der Waals surface area contributed by atoms with E-state index in [1.165, 1.54) is 0 Å². The number of morpholine rings is 1. The second kappa shape index (κ2) is 3.87. The van der Waals surface area contributed by atoms with Gasteiger partial charge in [-0.05, 0) is 14.0 Å². The minimum atomic E-state index is -0.760. The highest BCUT2D eigenvalue weighted by Gasteiger charge is 2.28. The van der Waals surface area contributed by atoms with Crippen LogP contribution in [0.25, 0.3) is 0 Å². The van der Waals surface area contributed by atoms with E-state index in [0.717, 1.165) is 6.54 Å². The number of ether oxygens (including phenoxy) is 1. The summed E-state index contributed by atoms with van der Waals surface area (Å²) >= 11 is 0. The number of aliphatic carboxylic acids is 1. The Kier molecular flexibility index (Phi) is 3.05.